The Bertz CT molecular complexity index is 462. The average Bonchev–Trinajstić information content (AvgIpc) is 2.38. The first-order valence-corrected chi connectivity index (χ1v) is 6.55. The van der Waals surface area contributed by atoms with E-state index in [0.29, 0.717) is 13.1 Å². The van der Waals surface area contributed by atoms with Gasteiger partial charge in [-0.05, 0) is 26.3 Å². The van der Waals surface area contributed by atoms with Crippen LogP contribution < -0.4 is 4.74 Å². The number of carboxylic acid groups (broad SMARTS) is 1. The van der Waals surface area contributed by atoms with Gasteiger partial charge >= 0.3 is 5.97 Å². The first-order chi connectivity index (χ1) is 9.08. The number of aryl methyl sites for hydroxylation is 1. The minimum absolute atomic E-state index is 0.250. The lowest BCUT2D eigenvalue weighted by Crippen LogP contribution is -2.38. The van der Waals surface area contributed by atoms with Crippen LogP contribution in [0, 0.1) is 12.8 Å². The highest BCUT2D eigenvalue weighted by Gasteiger charge is 2.25. The normalized spacial score (nSPS) is 20.2. The summed E-state index contributed by atoms with van der Waals surface area (Å²) in [6, 6.07) is 3.80. The molecule has 19 heavy (non-hydrogen) atoms. The largest absolute Gasteiger partial charge is 0.497 e. The number of carbonyl (C=O) groups is 1. The fourth-order valence-electron chi connectivity index (χ4n) is 2.53. The number of rotatable bonds is 4. The molecule has 1 aromatic rings. The predicted molar refractivity (Wildman–Crippen MR) is 71.2 cm³/mol. The maximum absolute atomic E-state index is 11.0. The van der Waals surface area contributed by atoms with E-state index in [9.17, 15) is 4.79 Å². The Kier molecular flexibility index (Phi) is 4.37. The summed E-state index contributed by atoms with van der Waals surface area (Å²) < 4.78 is 5.23. The Hall–Kier alpha value is -1.62. The summed E-state index contributed by atoms with van der Waals surface area (Å²) in [5, 5.41) is 9.09. The summed E-state index contributed by atoms with van der Waals surface area (Å²) in [5.41, 5.74) is 1.85. The molecule has 2 heterocycles. The van der Waals surface area contributed by atoms with Gasteiger partial charge < -0.3 is 9.84 Å². The standard InChI is InChI=1S/C14H20N2O3/c1-10-6-13(19-2)7-12(15-10)9-16-5-3-4-11(8-16)14(17)18/h6-7,11H,3-5,8-9H2,1-2H3,(H,17,18). The highest BCUT2D eigenvalue weighted by atomic mass is 16.5. The number of piperidine rings is 1. The van der Waals surface area contributed by atoms with Crippen molar-refractivity contribution >= 4 is 5.97 Å². The van der Waals surface area contributed by atoms with Crippen LogP contribution in [0.15, 0.2) is 12.1 Å². The van der Waals surface area contributed by atoms with E-state index >= 15 is 0 Å². The average molecular weight is 264 g/mol. The first-order valence-electron chi connectivity index (χ1n) is 6.55. The second kappa shape index (κ2) is 6.02. The van der Waals surface area contributed by atoms with Crippen molar-refractivity contribution in [2.75, 3.05) is 20.2 Å². The molecule has 0 aromatic carbocycles. The molecule has 0 aliphatic carbocycles. The fraction of sp³-hybridized carbons (Fsp3) is 0.571. The van der Waals surface area contributed by atoms with Crippen molar-refractivity contribution in [2.24, 2.45) is 5.92 Å². The van der Waals surface area contributed by atoms with Gasteiger partial charge in [-0.3, -0.25) is 14.7 Å². The number of aliphatic carboxylic acids is 1. The van der Waals surface area contributed by atoms with Gasteiger partial charge in [0, 0.05) is 30.9 Å². The molecular weight excluding hydrogens is 244 g/mol. The summed E-state index contributed by atoms with van der Waals surface area (Å²) in [5.74, 6) is -0.144. The Morgan fingerprint density at radius 3 is 3.05 bits per heavy atom. The molecule has 1 unspecified atom stereocenters. The van der Waals surface area contributed by atoms with Crippen molar-refractivity contribution in [3.05, 3.63) is 23.5 Å². The number of ether oxygens (including phenoxy) is 1. The van der Waals surface area contributed by atoms with Crippen molar-refractivity contribution in [2.45, 2.75) is 26.3 Å². The van der Waals surface area contributed by atoms with E-state index in [1.54, 1.807) is 7.11 Å². The van der Waals surface area contributed by atoms with Gasteiger partial charge in [-0.15, -0.1) is 0 Å². The van der Waals surface area contributed by atoms with Gasteiger partial charge in [0.25, 0.3) is 0 Å². The lowest BCUT2D eigenvalue weighted by molar-refractivity contribution is -0.143. The van der Waals surface area contributed by atoms with Crippen molar-refractivity contribution in [1.29, 1.82) is 0 Å². The van der Waals surface area contributed by atoms with Crippen LogP contribution in [0.25, 0.3) is 0 Å². The number of nitrogens with zero attached hydrogens (tertiary/aromatic N) is 2. The van der Waals surface area contributed by atoms with Crippen molar-refractivity contribution in [3.8, 4) is 5.75 Å². The van der Waals surface area contributed by atoms with Gasteiger partial charge in [0.05, 0.1) is 18.7 Å². The molecule has 5 heteroatoms. The summed E-state index contributed by atoms with van der Waals surface area (Å²) in [6.45, 7) is 4.15. The van der Waals surface area contributed by atoms with Crippen LogP contribution in [0.4, 0.5) is 0 Å². The molecule has 1 saturated heterocycles. The van der Waals surface area contributed by atoms with Crippen molar-refractivity contribution < 1.29 is 14.6 Å². The van der Waals surface area contributed by atoms with Gasteiger partial charge in [-0.25, -0.2) is 0 Å². The maximum Gasteiger partial charge on any atom is 0.307 e. The zero-order valence-corrected chi connectivity index (χ0v) is 11.4. The molecule has 0 radical (unpaired) electrons. The summed E-state index contributed by atoms with van der Waals surface area (Å²) >= 11 is 0. The third-order valence-electron chi connectivity index (χ3n) is 3.46. The number of likely N-dealkylation sites (tertiary alicyclic amines) is 1. The van der Waals surface area contributed by atoms with Gasteiger partial charge in [0.1, 0.15) is 5.75 Å². The Labute approximate surface area is 113 Å². The topological polar surface area (TPSA) is 62.7 Å². The van der Waals surface area contributed by atoms with Gasteiger partial charge in [-0.2, -0.15) is 0 Å². The highest BCUT2D eigenvalue weighted by molar-refractivity contribution is 5.70. The molecule has 104 valence electrons. The Balaban J connectivity index is 2.04. The summed E-state index contributed by atoms with van der Waals surface area (Å²) in [7, 11) is 1.64. The molecule has 1 N–H and O–H groups in total. The Morgan fingerprint density at radius 2 is 2.37 bits per heavy atom. The molecule has 0 spiro atoms. The zero-order chi connectivity index (χ0) is 13.8. The number of hydrogen-bond acceptors (Lipinski definition) is 4. The minimum atomic E-state index is -0.695. The quantitative estimate of drug-likeness (QED) is 0.896. The number of aromatic nitrogens is 1. The lowest BCUT2D eigenvalue weighted by Gasteiger charge is -2.30. The van der Waals surface area contributed by atoms with E-state index in [1.807, 2.05) is 19.1 Å². The molecule has 5 nitrogen and oxygen atoms in total. The highest BCUT2D eigenvalue weighted by Crippen LogP contribution is 2.20. The van der Waals surface area contributed by atoms with Crippen molar-refractivity contribution in [1.82, 2.24) is 9.88 Å². The smallest absolute Gasteiger partial charge is 0.307 e. The molecule has 0 saturated carbocycles. The van der Waals surface area contributed by atoms with E-state index in [4.69, 9.17) is 9.84 Å². The first kappa shape index (κ1) is 13.8. The third-order valence-corrected chi connectivity index (χ3v) is 3.46. The second-order valence-electron chi connectivity index (χ2n) is 5.05. The molecule has 1 aliphatic rings. The van der Waals surface area contributed by atoms with Crippen LogP contribution in [0.3, 0.4) is 0 Å². The summed E-state index contributed by atoms with van der Waals surface area (Å²) in [4.78, 5) is 17.7. The zero-order valence-electron chi connectivity index (χ0n) is 11.4. The van der Waals surface area contributed by atoms with Crippen LogP contribution in [-0.4, -0.2) is 41.2 Å². The number of carboxylic acids is 1. The molecule has 2 rings (SSSR count). The molecule has 1 aliphatic heterocycles. The van der Waals surface area contributed by atoms with E-state index in [-0.39, 0.29) is 5.92 Å². The van der Waals surface area contributed by atoms with Gasteiger partial charge in [-0.1, -0.05) is 0 Å². The van der Waals surface area contributed by atoms with E-state index < -0.39 is 5.97 Å². The van der Waals surface area contributed by atoms with E-state index in [2.05, 4.69) is 9.88 Å². The molecule has 1 aromatic heterocycles. The number of pyridine rings is 1. The predicted octanol–water partition coefficient (Wildman–Crippen LogP) is 1.70. The monoisotopic (exact) mass is 264 g/mol. The van der Waals surface area contributed by atoms with Crippen LogP contribution in [0.5, 0.6) is 5.75 Å². The summed E-state index contributed by atoms with van der Waals surface area (Å²) in [6.07, 6.45) is 1.70. The fourth-order valence-corrected chi connectivity index (χ4v) is 2.53. The number of methoxy groups -OCH3 is 1. The van der Waals surface area contributed by atoms with Crippen LogP contribution in [-0.2, 0) is 11.3 Å². The van der Waals surface area contributed by atoms with E-state index in [0.717, 1.165) is 36.5 Å². The SMILES string of the molecule is COc1cc(C)nc(CN2CCCC(C(=O)O)C2)c1. The third kappa shape index (κ3) is 3.67. The molecule has 0 bridgehead atoms. The number of hydrogen-bond donors (Lipinski definition) is 1. The maximum atomic E-state index is 11.0. The van der Waals surface area contributed by atoms with Crippen LogP contribution in [0.2, 0.25) is 0 Å². The van der Waals surface area contributed by atoms with E-state index in [1.165, 1.54) is 0 Å². The molecule has 0 amide bonds. The Morgan fingerprint density at radius 1 is 1.58 bits per heavy atom. The van der Waals surface area contributed by atoms with Gasteiger partial charge in [0.2, 0.25) is 0 Å². The van der Waals surface area contributed by atoms with Crippen LogP contribution in [0.1, 0.15) is 24.2 Å². The molecular formula is C14H20N2O3. The van der Waals surface area contributed by atoms with Gasteiger partial charge in [0.15, 0.2) is 0 Å². The molecule has 1 fully saturated rings. The minimum Gasteiger partial charge on any atom is -0.497 e. The van der Waals surface area contributed by atoms with Crippen molar-refractivity contribution in [3.63, 3.8) is 0 Å². The lowest BCUT2D eigenvalue weighted by atomic mass is 9.98. The second-order valence-corrected chi connectivity index (χ2v) is 5.05. The molecule has 1 atom stereocenters. The van der Waals surface area contributed by atoms with Crippen LogP contribution >= 0.6 is 0 Å².